The molecule has 0 aromatic heterocycles. The van der Waals surface area contributed by atoms with Gasteiger partial charge in [0.1, 0.15) is 0 Å². The zero-order valence-corrected chi connectivity index (χ0v) is 9.13. The molecule has 0 saturated heterocycles. The van der Waals surface area contributed by atoms with Crippen LogP contribution in [0.4, 0.5) is 0 Å². The van der Waals surface area contributed by atoms with Crippen LogP contribution in [0.3, 0.4) is 0 Å². The van der Waals surface area contributed by atoms with E-state index in [0.717, 1.165) is 0 Å². The van der Waals surface area contributed by atoms with Crippen LogP contribution in [0.2, 0.25) is 0 Å². The molecular formula is C5H12O4Sr. The molecule has 58 valence electrons. The number of hydrogen-bond donors (Lipinski definition) is 3. The molecule has 0 spiro atoms. The molecule has 0 radical (unpaired) electrons. The molecule has 0 aromatic carbocycles. The Morgan fingerprint density at radius 1 is 1.50 bits per heavy atom. The first-order chi connectivity index (χ1) is 4.22. The van der Waals surface area contributed by atoms with Crippen molar-refractivity contribution in [2.75, 3.05) is 13.2 Å². The van der Waals surface area contributed by atoms with Gasteiger partial charge in [-0.1, -0.05) is 0 Å². The third-order valence-corrected chi connectivity index (χ3v) is 1.05. The van der Waals surface area contributed by atoms with E-state index in [1.165, 1.54) is 0 Å². The average molecular weight is 224 g/mol. The Kier molecular flexibility index (Phi) is 10.7. The summed E-state index contributed by atoms with van der Waals surface area (Å²) in [4.78, 5) is 10.0. The van der Waals surface area contributed by atoms with Crippen molar-refractivity contribution >= 4 is 51.5 Å². The van der Waals surface area contributed by atoms with E-state index in [9.17, 15) is 4.79 Å². The molecule has 1 unspecified atom stereocenters. The average Bonchev–Trinajstić information content (AvgIpc) is 1.82. The molecule has 1 atom stereocenters. The van der Waals surface area contributed by atoms with Crippen molar-refractivity contribution in [1.29, 1.82) is 0 Å². The van der Waals surface area contributed by atoms with E-state index < -0.39 is 18.5 Å². The van der Waals surface area contributed by atoms with Crippen molar-refractivity contribution < 1.29 is 23.0 Å². The molecule has 0 fully saturated rings. The van der Waals surface area contributed by atoms with Crippen molar-refractivity contribution in [2.24, 2.45) is 5.92 Å². The molecule has 0 heterocycles. The van der Waals surface area contributed by atoms with Crippen LogP contribution >= 0.6 is 0 Å². The van der Waals surface area contributed by atoms with Crippen LogP contribution in [-0.2, 0) is 4.79 Å². The van der Waals surface area contributed by atoms with Gasteiger partial charge in [0.05, 0.1) is 12.5 Å². The second-order valence-corrected chi connectivity index (χ2v) is 1.73. The Bertz CT molecular complexity index is 103. The van der Waals surface area contributed by atoms with Gasteiger partial charge in [-0.25, -0.2) is 0 Å². The van der Waals surface area contributed by atoms with E-state index in [4.69, 9.17) is 15.3 Å². The fraction of sp³-hybridized carbons (Fsp3) is 0.800. The number of aliphatic hydroxyl groups excluding tert-OH is 2. The predicted octanol–water partition coefficient (Wildman–Crippen LogP) is -1.09. The van der Waals surface area contributed by atoms with Gasteiger partial charge in [-0.15, -0.1) is 0 Å². The quantitative estimate of drug-likeness (QED) is 0.530. The van der Waals surface area contributed by atoms with Crippen LogP contribution in [0, 0.1) is 5.92 Å². The topological polar surface area (TPSA) is 77.8 Å². The van der Waals surface area contributed by atoms with Crippen LogP contribution in [-0.4, -0.2) is 80.0 Å². The Balaban J connectivity index is -0.000000107. The van der Waals surface area contributed by atoms with Gasteiger partial charge in [-0.3, -0.25) is 4.79 Å². The summed E-state index contributed by atoms with van der Waals surface area (Å²) < 4.78 is 0. The van der Waals surface area contributed by atoms with Gasteiger partial charge in [0.2, 0.25) is 0 Å². The minimum absolute atomic E-state index is 0. The molecule has 0 amide bonds. The Morgan fingerprint density at radius 2 is 2.00 bits per heavy atom. The van der Waals surface area contributed by atoms with E-state index in [-0.39, 0.29) is 61.4 Å². The fourth-order valence-electron chi connectivity index (χ4n) is 0.449. The van der Waals surface area contributed by atoms with Crippen molar-refractivity contribution in [3.05, 3.63) is 0 Å². The van der Waals surface area contributed by atoms with Gasteiger partial charge in [-0.2, -0.15) is 0 Å². The molecular weight excluding hydrogens is 212 g/mol. The third kappa shape index (κ3) is 5.64. The van der Waals surface area contributed by atoms with Crippen LogP contribution in [0.5, 0.6) is 0 Å². The third-order valence-electron chi connectivity index (χ3n) is 1.05. The molecule has 0 aliphatic carbocycles. The van der Waals surface area contributed by atoms with Gasteiger partial charge >= 0.3 is 51.5 Å². The summed E-state index contributed by atoms with van der Waals surface area (Å²) in [7, 11) is 0. The number of aliphatic carboxylic acids is 1. The summed E-state index contributed by atoms with van der Waals surface area (Å²) in [6.45, 7) is -0.604. The van der Waals surface area contributed by atoms with Crippen molar-refractivity contribution in [2.45, 2.75) is 6.42 Å². The van der Waals surface area contributed by atoms with E-state index in [1.807, 2.05) is 0 Å². The monoisotopic (exact) mass is 224 g/mol. The number of carboxylic acid groups (broad SMARTS) is 1. The molecule has 0 aromatic rings. The predicted molar refractivity (Wildman–Crippen MR) is 37.9 cm³/mol. The van der Waals surface area contributed by atoms with Crippen LogP contribution in [0.1, 0.15) is 9.27 Å². The SMILES string of the molecule is O=C(O)C(CO)CCO.[H-].[H-].[Sr+2]. The molecule has 10 heavy (non-hydrogen) atoms. The Labute approximate surface area is 99.1 Å². The number of rotatable bonds is 4. The zero-order valence-electron chi connectivity index (χ0n) is 7.66. The summed E-state index contributed by atoms with van der Waals surface area (Å²) in [5.41, 5.74) is 0. The van der Waals surface area contributed by atoms with Crippen molar-refractivity contribution in [3.63, 3.8) is 0 Å². The second-order valence-electron chi connectivity index (χ2n) is 1.73. The summed E-state index contributed by atoms with van der Waals surface area (Å²) in [5, 5.41) is 24.8. The number of hydrogen-bond acceptors (Lipinski definition) is 3. The summed E-state index contributed by atoms with van der Waals surface area (Å²) >= 11 is 0. The van der Waals surface area contributed by atoms with Gasteiger partial charge in [0.25, 0.3) is 0 Å². The molecule has 0 bridgehead atoms. The molecule has 5 heteroatoms. The van der Waals surface area contributed by atoms with Crippen LogP contribution in [0.25, 0.3) is 0 Å². The number of carbonyl (C=O) groups is 1. The van der Waals surface area contributed by atoms with Crippen LogP contribution < -0.4 is 0 Å². The fourth-order valence-corrected chi connectivity index (χ4v) is 0.449. The van der Waals surface area contributed by atoms with Crippen molar-refractivity contribution in [1.82, 2.24) is 0 Å². The number of aliphatic hydroxyl groups is 2. The minimum atomic E-state index is -1.06. The summed E-state index contributed by atoms with van der Waals surface area (Å²) in [5.74, 6) is -1.87. The minimum Gasteiger partial charge on any atom is -1.00 e. The molecule has 0 aliphatic heterocycles. The van der Waals surface area contributed by atoms with Gasteiger partial charge in [0, 0.05) is 6.61 Å². The van der Waals surface area contributed by atoms with Gasteiger partial charge < -0.3 is 18.2 Å². The first kappa shape index (κ1) is 13.5. The first-order valence-corrected chi connectivity index (χ1v) is 2.67. The van der Waals surface area contributed by atoms with E-state index in [1.54, 1.807) is 0 Å². The normalized spacial score (nSPS) is 11.8. The maximum atomic E-state index is 10.0. The maximum absolute atomic E-state index is 10.0. The first-order valence-electron chi connectivity index (χ1n) is 2.67. The van der Waals surface area contributed by atoms with E-state index >= 15 is 0 Å². The zero-order chi connectivity index (χ0) is 7.28. The second kappa shape index (κ2) is 7.97. The molecule has 0 aliphatic rings. The molecule has 4 nitrogen and oxygen atoms in total. The molecule has 0 saturated carbocycles. The van der Waals surface area contributed by atoms with Crippen molar-refractivity contribution in [3.8, 4) is 0 Å². The van der Waals surface area contributed by atoms with Crippen LogP contribution in [0.15, 0.2) is 0 Å². The maximum Gasteiger partial charge on any atom is 2.00 e. The Morgan fingerprint density at radius 3 is 2.10 bits per heavy atom. The smallest absolute Gasteiger partial charge is 1.00 e. The van der Waals surface area contributed by atoms with Gasteiger partial charge in [-0.05, 0) is 6.42 Å². The molecule has 3 N–H and O–H groups in total. The Hall–Kier alpha value is 0.871. The van der Waals surface area contributed by atoms with Gasteiger partial charge in [0.15, 0.2) is 0 Å². The summed E-state index contributed by atoms with van der Waals surface area (Å²) in [6, 6.07) is 0. The van der Waals surface area contributed by atoms with E-state index in [0.29, 0.717) is 0 Å². The number of carboxylic acids is 1. The van der Waals surface area contributed by atoms with E-state index in [2.05, 4.69) is 0 Å². The largest absolute Gasteiger partial charge is 2.00 e. The standard InChI is InChI=1S/C5H10O4.Sr.2H/c6-2-1-4(3-7)5(8)9;;;/h4,6-7H,1-3H2,(H,8,9);;;/q;+2;2*-1. The molecule has 0 rings (SSSR count). The summed E-state index contributed by atoms with van der Waals surface area (Å²) in [6.07, 6.45) is 0.117.